The van der Waals surface area contributed by atoms with Gasteiger partial charge in [0.15, 0.2) is 0 Å². The molecule has 0 aromatic heterocycles. The van der Waals surface area contributed by atoms with Gasteiger partial charge in [0.1, 0.15) is 0 Å². The van der Waals surface area contributed by atoms with Crippen LogP contribution in [0.1, 0.15) is 0 Å². The van der Waals surface area contributed by atoms with Crippen molar-refractivity contribution in [1.29, 1.82) is 0 Å². The predicted molar refractivity (Wildman–Crippen MR) is 185 cm³/mol. The topological polar surface area (TPSA) is 3.24 Å². The van der Waals surface area contributed by atoms with E-state index in [1.165, 1.54) is 54.6 Å². The average Bonchev–Trinajstić information content (AvgIpc) is 3.08. The molecule has 8 aromatic rings. The third-order valence-corrected chi connectivity index (χ3v) is 8.37. The maximum absolute atomic E-state index is 2.32. The molecule has 0 amide bonds. The number of fused-ring (bicyclic) bond motifs is 3. The lowest BCUT2D eigenvalue weighted by Crippen LogP contribution is -2.09. The van der Waals surface area contributed by atoms with E-state index in [0.717, 1.165) is 17.1 Å². The molecule has 0 spiro atoms. The summed E-state index contributed by atoms with van der Waals surface area (Å²) in [6, 6.07) is 63.5. The van der Waals surface area contributed by atoms with Crippen LogP contribution in [-0.2, 0) is 0 Å². The second-order valence-corrected chi connectivity index (χ2v) is 11.1. The van der Waals surface area contributed by atoms with Gasteiger partial charge in [-0.25, -0.2) is 0 Å². The van der Waals surface area contributed by atoms with Gasteiger partial charge in [-0.2, -0.15) is 0 Å². The fraction of sp³-hybridized carbons (Fsp3) is 0. The van der Waals surface area contributed by atoms with Crippen molar-refractivity contribution in [2.24, 2.45) is 0 Å². The van der Waals surface area contributed by atoms with Gasteiger partial charge < -0.3 is 4.90 Å². The van der Waals surface area contributed by atoms with E-state index in [-0.39, 0.29) is 0 Å². The highest BCUT2D eigenvalue weighted by molar-refractivity contribution is 6.01. The molecule has 0 fully saturated rings. The fourth-order valence-electron chi connectivity index (χ4n) is 6.13. The minimum absolute atomic E-state index is 1.13. The van der Waals surface area contributed by atoms with E-state index in [0.29, 0.717) is 0 Å². The molecule has 0 N–H and O–H groups in total. The maximum atomic E-state index is 2.32. The first-order valence-electron chi connectivity index (χ1n) is 14.8. The van der Waals surface area contributed by atoms with Gasteiger partial charge in [0, 0.05) is 17.1 Å². The Kier molecular flexibility index (Phi) is 6.20. The van der Waals surface area contributed by atoms with Gasteiger partial charge in [-0.1, -0.05) is 109 Å². The summed E-state index contributed by atoms with van der Waals surface area (Å²) in [5.74, 6) is 0. The summed E-state index contributed by atoms with van der Waals surface area (Å²) >= 11 is 0. The van der Waals surface area contributed by atoms with Gasteiger partial charge in [0.25, 0.3) is 0 Å². The Morgan fingerprint density at radius 3 is 1.16 bits per heavy atom. The zero-order valence-corrected chi connectivity index (χ0v) is 23.7. The van der Waals surface area contributed by atoms with Crippen LogP contribution in [0, 0.1) is 0 Å². The quantitative estimate of drug-likeness (QED) is 0.194. The van der Waals surface area contributed by atoms with Crippen molar-refractivity contribution < 1.29 is 0 Å². The van der Waals surface area contributed by atoms with E-state index in [4.69, 9.17) is 0 Å². The second-order valence-electron chi connectivity index (χ2n) is 11.1. The van der Waals surface area contributed by atoms with Crippen LogP contribution in [0.2, 0.25) is 0 Å². The Hall–Kier alpha value is -5.66. The van der Waals surface area contributed by atoms with Gasteiger partial charge in [0.05, 0.1) is 0 Å². The van der Waals surface area contributed by atoms with Gasteiger partial charge >= 0.3 is 0 Å². The van der Waals surface area contributed by atoms with Crippen LogP contribution in [0.4, 0.5) is 17.1 Å². The monoisotopic (exact) mass is 547 g/mol. The first-order chi connectivity index (χ1) is 21.3. The van der Waals surface area contributed by atoms with Gasteiger partial charge in [-0.15, -0.1) is 0 Å². The Morgan fingerprint density at radius 1 is 0.233 bits per heavy atom. The van der Waals surface area contributed by atoms with E-state index < -0.39 is 0 Å². The van der Waals surface area contributed by atoms with E-state index >= 15 is 0 Å². The third kappa shape index (κ3) is 4.81. The van der Waals surface area contributed by atoms with E-state index in [1.54, 1.807) is 0 Å². The number of hydrogen-bond acceptors (Lipinski definition) is 1. The lowest BCUT2D eigenvalue weighted by molar-refractivity contribution is 1.28. The zero-order valence-electron chi connectivity index (χ0n) is 23.7. The van der Waals surface area contributed by atoms with Crippen LogP contribution in [0.25, 0.3) is 54.6 Å². The van der Waals surface area contributed by atoms with Crippen LogP contribution < -0.4 is 4.90 Å². The summed E-state index contributed by atoms with van der Waals surface area (Å²) in [7, 11) is 0. The molecule has 0 aliphatic rings. The molecule has 43 heavy (non-hydrogen) atoms. The molecule has 0 aliphatic heterocycles. The van der Waals surface area contributed by atoms with Crippen LogP contribution in [0.5, 0.6) is 0 Å². The average molecular weight is 548 g/mol. The number of anilines is 3. The summed E-state index contributed by atoms with van der Waals surface area (Å²) in [5, 5.41) is 7.56. The highest BCUT2D eigenvalue weighted by Gasteiger charge is 2.12. The Labute approximate surface area is 251 Å². The van der Waals surface area contributed by atoms with Crippen molar-refractivity contribution in [3.63, 3.8) is 0 Å². The molecule has 0 saturated carbocycles. The molecular weight excluding hydrogens is 518 g/mol. The molecule has 0 radical (unpaired) electrons. The van der Waals surface area contributed by atoms with Gasteiger partial charge in [-0.3, -0.25) is 0 Å². The number of nitrogens with zero attached hydrogens (tertiary/aromatic N) is 1. The van der Waals surface area contributed by atoms with Crippen molar-refractivity contribution in [1.82, 2.24) is 0 Å². The first kappa shape index (κ1) is 25.1. The standard InChI is InChI=1S/C42H29N/c1-3-11-40(12-4-1)43(41-13-5-2-6-14-41)42-23-21-31(22-24-42)33-17-19-36-29-39-27-35(18-20-37(39)28-38(36)26-33)34-16-15-30-9-7-8-10-32(30)25-34/h1-29H. The smallest absolute Gasteiger partial charge is 0.0462 e. The highest BCUT2D eigenvalue weighted by Crippen LogP contribution is 2.36. The summed E-state index contributed by atoms with van der Waals surface area (Å²) in [6.45, 7) is 0. The van der Waals surface area contributed by atoms with Crippen molar-refractivity contribution >= 4 is 49.4 Å². The number of para-hydroxylation sites is 2. The first-order valence-corrected chi connectivity index (χ1v) is 14.8. The number of benzene rings is 8. The largest absolute Gasteiger partial charge is 0.311 e. The Bertz CT molecular complexity index is 2180. The Morgan fingerprint density at radius 2 is 0.605 bits per heavy atom. The predicted octanol–water partition coefficient (Wildman–Crippen LogP) is 11.9. The minimum Gasteiger partial charge on any atom is -0.311 e. The second kappa shape index (κ2) is 10.6. The molecule has 202 valence electrons. The van der Waals surface area contributed by atoms with Crippen LogP contribution >= 0.6 is 0 Å². The lowest BCUT2D eigenvalue weighted by Gasteiger charge is -2.25. The summed E-state index contributed by atoms with van der Waals surface area (Å²) in [6.07, 6.45) is 0. The third-order valence-electron chi connectivity index (χ3n) is 8.37. The van der Waals surface area contributed by atoms with Gasteiger partial charge in [0.2, 0.25) is 0 Å². The molecule has 1 nitrogen and oxygen atoms in total. The zero-order chi connectivity index (χ0) is 28.6. The molecular formula is C42H29N. The molecule has 8 aromatic carbocycles. The van der Waals surface area contributed by atoms with Crippen molar-refractivity contribution in [3.05, 3.63) is 176 Å². The van der Waals surface area contributed by atoms with Crippen molar-refractivity contribution in [2.75, 3.05) is 4.90 Å². The normalized spacial score (nSPS) is 11.3. The fourth-order valence-corrected chi connectivity index (χ4v) is 6.13. The van der Waals surface area contributed by atoms with Crippen molar-refractivity contribution in [3.8, 4) is 22.3 Å². The molecule has 0 atom stereocenters. The minimum atomic E-state index is 1.13. The molecule has 0 unspecified atom stereocenters. The number of hydrogen-bond donors (Lipinski definition) is 0. The van der Waals surface area contributed by atoms with E-state index in [1.807, 2.05) is 0 Å². The molecule has 8 rings (SSSR count). The van der Waals surface area contributed by atoms with Crippen LogP contribution in [0.3, 0.4) is 0 Å². The molecule has 0 saturated heterocycles. The highest BCUT2D eigenvalue weighted by atomic mass is 15.1. The molecule has 0 aliphatic carbocycles. The molecule has 1 heteroatoms. The SMILES string of the molecule is c1ccc(N(c2ccccc2)c2ccc(-c3ccc4cc5cc(-c6ccc7ccccc7c6)ccc5cc4c3)cc2)cc1. The maximum Gasteiger partial charge on any atom is 0.0462 e. The van der Waals surface area contributed by atoms with E-state index in [2.05, 4.69) is 181 Å². The van der Waals surface area contributed by atoms with E-state index in [9.17, 15) is 0 Å². The lowest BCUT2D eigenvalue weighted by atomic mass is 9.95. The Balaban J connectivity index is 1.12. The summed E-state index contributed by atoms with van der Waals surface area (Å²) in [5.41, 5.74) is 8.34. The summed E-state index contributed by atoms with van der Waals surface area (Å²) < 4.78 is 0. The summed E-state index contributed by atoms with van der Waals surface area (Å²) in [4.78, 5) is 2.29. The molecule has 0 heterocycles. The van der Waals surface area contributed by atoms with Crippen molar-refractivity contribution in [2.45, 2.75) is 0 Å². The number of rotatable bonds is 5. The van der Waals surface area contributed by atoms with Crippen LogP contribution in [-0.4, -0.2) is 0 Å². The van der Waals surface area contributed by atoms with Crippen LogP contribution in [0.15, 0.2) is 176 Å². The van der Waals surface area contributed by atoms with Gasteiger partial charge in [-0.05, 0) is 121 Å². The molecule has 0 bridgehead atoms.